The number of carbonyl (C=O) groups is 4. The molecule has 5 rings (SSSR count). The Hall–Kier alpha value is -4.44. The van der Waals surface area contributed by atoms with Gasteiger partial charge in [-0.3, -0.25) is 19.2 Å². The minimum atomic E-state index is -0.850. The molecule has 0 spiro atoms. The average Bonchev–Trinajstić information content (AvgIpc) is 3.88. The third-order valence-electron chi connectivity index (χ3n) is 6.94. The molecule has 2 aliphatic rings. The Morgan fingerprint density at radius 1 is 0.872 bits per heavy atom. The molecule has 2 saturated carbocycles. The fourth-order valence-corrected chi connectivity index (χ4v) is 4.09. The minimum Gasteiger partial charge on any atom is -0.344 e. The smallest absolute Gasteiger partial charge is 0.310 e. The summed E-state index contributed by atoms with van der Waals surface area (Å²) in [4.78, 5) is 46.2. The summed E-state index contributed by atoms with van der Waals surface area (Å²) in [6.45, 7) is 3.76. The van der Waals surface area contributed by atoms with Gasteiger partial charge in [-0.05, 0) is 65.8 Å². The van der Waals surface area contributed by atoms with E-state index in [9.17, 15) is 19.2 Å². The first-order valence-electron chi connectivity index (χ1n) is 13.2. The molecule has 39 heavy (non-hydrogen) atoms. The molecule has 2 fully saturated rings. The van der Waals surface area contributed by atoms with Gasteiger partial charge in [-0.1, -0.05) is 79.6 Å². The van der Waals surface area contributed by atoms with Gasteiger partial charge in [-0.15, -0.1) is 0 Å². The fraction of sp³-hybridized carbons (Fsp3) is 0.312. The first-order valence-corrected chi connectivity index (χ1v) is 13.2. The maximum atomic E-state index is 11.7. The summed E-state index contributed by atoms with van der Waals surface area (Å²) in [6, 6.07) is 22.5. The quantitative estimate of drug-likeness (QED) is 0.260. The number of carbonyl (C=O) groups excluding carboxylic acids is 4. The monoisotopic (exact) mass is 523 g/mol. The van der Waals surface area contributed by atoms with Gasteiger partial charge in [0.15, 0.2) is 5.78 Å². The zero-order valence-electron chi connectivity index (χ0n) is 22.3. The molecule has 200 valence electrons. The molecule has 0 bridgehead atoms. The van der Waals surface area contributed by atoms with Gasteiger partial charge in [0.25, 0.3) is 5.91 Å². The molecule has 3 aromatic carbocycles. The van der Waals surface area contributed by atoms with Crippen LogP contribution in [0.2, 0.25) is 0 Å². The number of Topliss-reactive ketones (excluding diaryl/α,β-unsaturated/α-hetero) is 1. The van der Waals surface area contributed by atoms with Crippen molar-refractivity contribution in [3.63, 3.8) is 0 Å². The first kappa shape index (κ1) is 27.6. The van der Waals surface area contributed by atoms with Crippen LogP contribution in [0.4, 0.5) is 0 Å². The Balaban J connectivity index is 0.000000210. The maximum Gasteiger partial charge on any atom is 0.310 e. The third-order valence-corrected chi connectivity index (χ3v) is 6.94. The van der Waals surface area contributed by atoms with E-state index in [2.05, 4.69) is 77.2 Å². The highest BCUT2D eigenvalue weighted by atomic mass is 16.2. The molecule has 3 N–H and O–H groups in total. The van der Waals surface area contributed by atoms with E-state index >= 15 is 0 Å². The van der Waals surface area contributed by atoms with Gasteiger partial charge in [0.2, 0.25) is 0 Å². The molecule has 7 heteroatoms. The molecule has 2 aliphatic carbocycles. The van der Waals surface area contributed by atoms with Crippen LogP contribution in [0.1, 0.15) is 61.0 Å². The standard InChI is InChI=1S/C18H19N3O4.C14H14/c1-12(22)15-6-3-2-5-13(15)11-20-18(25)17(24)19-10-4-7-16(23)21-14-8-9-14;1-14(8-9-14)13-7-6-11-4-2-3-5-12(11)10-13/h2-3,5-6,14H,8-11H2,1H3,(H,19,24)(H,20,25)(H,21,23);2-7,10H,8-9H2,1H3. The number of nitrogens with one attached hydrogen (secondary N) is 3. The molecule has 0 atom stereocenters. The van der Waals surface area contributed by atoms with E-state index in [-0.39, 0.29) is 30.8 Å². The van der Waals surface area contributed by atoms with E-state index in [0.717, 1.165) is 12.8 Å². The van der Waals surface area contributed by atoms with Crippen LogP contribution in [0.5, 0.6) is 0 Å². The predicted molar refractivity (Wildman–Crippen MR) is 151 cm³/mol. The molecule has 3 amide bonds. The van der Waals surface area contributed by atoms with Crippen molar-refractivity contribution in [2.45, 2.75) is 57.5 Å². The molecule has 0 aliphatic heterocycles. The van der Waals surface area contributed by atoms with Crippen molar-refractivity contribution in [2.75, 3.05) is 6.54 Å². The van der Waals surface area contributed by atoms with Crippen molar-refractivity contribution in [3.05, 3.63) is 83.4 Å². The van der Waals surface area contributed by atoms with Crippen LogP contribution >= 0.6 is 0 Å². The Morgan fingerprint density at radius 2 is 1.54 bits per heavy atom. The summed E-state index contributed by atoms with van der Waals surface area (Å²) in [5, 5.41) is 10.2. The summed E-state index contributed by atoms with van der Waals surface area (Å²) in [5.74, 6) is 2.64. The highest BCUT2D eigenvalue weighted by Crippen LogP contribution is 2.48. The number of ketones is 1. The van der Waals surface area contributed by atoms with Crippen molar-refractivity contribution >= 4 is 34.3 Å². The average molecular weight is 524 g/mol. The Kier molecular flexibility index (Phi) is 8.77. The Bertz CT molecular complexity index is 1460. The van der Waals surface area contributed by atoms with Crippen LogP contribution in [-0.2, 0) is 26.3 Å². The van der Waals surface area contributed by atoms with Crippen LogP contribution in [0.3, 0.4) is 0 Å². The van der Waals surface area contributed by atoms with Gasteiger partial charge in [0.1, 0.15) is 0 Å². The lowest BCUT2D eigenvalue weighted by Crippen LogP contribution is -2.39. The summed E-state index contributed by atoms with van der Waals surface area (Å²) < 4.78 is 0. The topological polar surface area (TPSA) is 104 Å². The fourth-order valence-electron chi connectivity index (χ4n) is 4.09. The van der Waals surface area contributed by atoms with Crippen molar-refractivity contribution in [3.8, 4) is 11.8 Å². The molecule has 7 nitrogen and oxygen atoms in total. The van der Waals surface area contributed by atoms with E-state index < -0.39 is 11.8 Å². The van der Waals surface area contributed by atoms with E-state index in [0.29, 0.717) is 16.5 Å². The summed E-state index contributed by atoms with van der Waals surface area (Å²) in [6.07, 6.45) is 4.64. The van der Waals surface area contributed by atoms with Gasteiger partial charge in [-0.2, -0.15) is 0 Å². The number of benzene rings is 3. The largest absolute Gasteiger partial charge is 0.344 e. The predicted octanol–water partition coefficient (Wildman–Crippen LogP) is 3.79. The van der Waals surface area contributed by atoms with Crippen molar-refractivity contribution < 1.29 is 19.2 Å². The van der Waals surface area contributed by atoms with E-state index in [1.54, 1.807) is 24.3 Å². The van der Waals surface area contributed by atoms with Crippen LogP contribution in [0, 0.1) is 11.8 Å². The van der Waals surface area contributed by atoms with E-state index in [1.165, 1.54) is 36.1 Å². The lowest BCUT2D eigenvalue weighted by atomic mass is 9.96. The van der Waals surface area contributed by atoms with Crippen LogP contribution < -0.4 is 16.0 Å². The second kappa shape index (κ2) is 12.4. The molecule has 0 aromatic heterocycles. The Morgan fingerprint density at radius 3 is 2.23 bits per heavy atom. The zero-order valence-corrected chi connectivity index (χ0v) is 22.3. The Labute approximate surface area is 228 Å². The summed E-state index contributed by atoms with van der Waals surface area (Å²) in [5.41, 5.74) is 3.13. The lowest BCUT2D eigenvalue weighted by Gasteiger charge is -2.09. The molecular formula is C32H33N3O4. The van der Waals surface area contributed by atoms with E-state index in [1.807, 2.05) is 0 Å². The van der Waals surface area contributed by atoms with Crippen LogP contribution in [0.25, 0.3) is 10.8 Å². The number of hydrogen-bond donors (Lipinski definition) is 3. The third kappa shape index (κ3) is 8.02. The van der Waals surface area contributed by atoms with Crippen molar-refractivity contribution in [2.24, 2.45) is 0 Å². The number of hydrogen-bond acceptors (Lipinski definition) is 4. The second-order valence-corrected chi connectivity index (χ2v) is 10.3. The summed E-state index contributed by atoms with van der Waals surface area (Å²) in [7, 11) is 0. The normalized spacial score (nSPS) is 14.5. The molecule has 0 unspecified atom stereocenters. The van der Waals surface area contributed by atoms with Gasteiger partial charge in [0.05, 0.1) is 6.54 Å². The SMILES string of the molecule is CC(=O)c1ccccc1CNC(=O)C(=O)NCC#CC(=O)NC1CC1.CC1(c2ccc3ccccc3c2)CC1. The van der Waals surface area contributed by atoms with Crippen molar-refractivity contribution in [1.82, 2.24) is 16.0 Å². The molecule has 0 heterocycles. The maximum absolute atomic E-state index is 11.7. The first-order chi connectivity index (χ1) is 18.7. The number of fused-ring (bicyclic) bond motifs is 1. The number of amides is 3. The van der Waals surface area contributed by atoms with Gasteiger partial charge < -0.3 is 16.0 Å². The zero-order chi connectivity index (χ0) is 27.8. The summed E-state index contributed by atoms with van der Waals surface area (Å²) >= 11 is 0. The highest BCUT2D eigenvalue weighted by Gasteiger charge is 2.38. The molecule has 0 saturated heterocycles. The van der Waals surface area contributed by atoms with Crippen LogP contribution in [0.15, 0.2) is 66.7 Å². The minimum absolute atomic E-state index is 0.0669. The van der Waals surface area contributed by atoms with Gasteiger partial charge >= 0.3 is 11.8 Å². The molecule has 0 radical (unpaired) electrons. The van der Waals surface area contributed by atoms with Crippen molar-refractivity contribution in [1.29, 1.82) is 0 Å². The van der Waals surface area contributed by atoms with E-state index in [4.69, 9.17) is 0 Å². The number of rotatable bonds is 6. The van der Waals surface area contributed by atoms with Gasteiger partial charge in [-0.25, -0.2) is 0 Å². The van der Waals surface area contributed by atoms with Crippen LogP contribution in [-0.4, -0.2) is 36.1 Å². The highest BCUT2D eigenvalue weighted by molar-refractivity contribution is 6.35. The second-order valence-electron chi connectivity index (χ2n) is 10.3. The molecule has 3 aromatic rings. The molecular weight excluding hydrogens is 490 g/mol. The van der Waals surface area contributed by atoms with Gasteiger partial charge in [0, 0.05) is 18.2 Å². The lowest BCUT2D eigenvalue weighted by molar-refractivity contribution is -0.139.